The van der Waals surface area contributed by atoms with Crippen molar-refractivity contribution < 1.29 is 4.39 Å². The number of aromatic nitrogens is 2. The topological polar surface area (TPSA) is 43.3 Å². The SMILES string of the molecule is Cc1c(Br)ccc2nc(-c3ccc(F)cc3Cl)c(N)n12. The second-order valence-electron chi connectivity index (χ2n) is 4.43. The Morgan fingerprint density at radius 2 is 2.05 bits per heavy atom. The molecular weight excluding hydrogens is 345 g/mol. The maximum absolute atomic E-state index is 13.1. The molecule has 3 rings (SSSR count). The molecule has 0 atom stereocenters. The minimum Gasteiger partial charge on any atom is -0.383 e. The monoisotopic (exact) mass is 353 g/mol. The fourth-order valence-corrected chi connectivity index (χ4v) is 2.74. The van der Waals surface area contributed by atoms with E-state index in [1.807, 2.05) is 23.5 Å². The van der Waals surface area contributed by atoms with Crippen molar-refractivity contribution in [2.24, 2.45) is 0 Å². The van der Waals surface area contributed by atoms with E-state index in [2.05, 4.69) is 20.9 Å². The van der Waals surface area contributed by atoms with Crippen LogP contribution in [0.2, 0.25) is 5.02 Å². The first-order chi connectivity index (χ1) is 9.49. The maximum atomic E-state index is 13.1. The van der Waals surface area contributed by atoms with Gasteiger partial charge in [0.05, 0.1) is 5.02 Å². The van der Waals surface area contributed by atoms with Gasteiger partial charge in [0.1, 0.15) is 23.0 Å². The molecule has 1 aromatic carbocycles. The van der Waals surface area contributed by atoms with Crippen LogP contribution in [0.3, 0.4) is 0 Å². The molecule has 0 bridgehead atoms. The van der Waals surface area contributed by atoms with E-state index in [1.165, 1.54) is 12.1 Å². The zero-order valence-electron chi connectivity index (χ0n) is 10.5. The molecule has 2 N–H and O–H groups in total. The standard InChI is InChI=1S/C14H10BrClFN3/c1-7-10(15)4-5-12-19-13(14(18)20(7)12)9-3-2-8(17)6-11(9)16/h2-6H,18H2,1H3. The van der Waals surface area contributed by atoms with Crippen molar-refractivity contribution in [3.05, 3.63) is 51.3 Å². The van der Waals surface area contributed by atoms with Crippen molar-refractivity contribution in [1.82, 2.24) is 9.38 Å². The fourth-order valence-electron chi connectivity index (χ4n) is 2.17. The number of nitrogen functional groups attached to an aromatic ring is 1. The number of pyridine rings is 1. The number of imidazole rings is 1. The van der Waals surface area contributed by atoms with Crippen LogP contribution in [0.4, 0.5) is 10.2 Å². The molecule has 0 saturated carbocycles. The van der Waals surface area contributed by atoms with Gasteiger partial charge in [-0.1, -0.05) is 11.6 Å². The highest BCUT2D eigenvalue weighted by Crippen LogP contribution is 2.34. The molecule has 0 saturated heterocycles. The Labute approximate surface area is 128 Å². The van der Waals surface area contributed by atoms with Crippen molar-refractivity contribution in [2.75, 3.05) is 5.73 Å². The molecule has 0 fully saturated rings. The molecule has 0 spiro atoms. The lowest BCUT2D eigenvalue weighted by molar-refractivity contribution is 0.628. The summed E-state index contributed by atoms with van der Waals surface area (Å²) in [7, 11) is 0. The summed E-state index contributed by atoms with van der Waals surface area (Å²) in [6.07, 6.45) is 0. The number of nitrogens with two attached hydrogens (primary N) is 1. The van der Waals surface area contributed by atoms with E-state index in [0.29, 0.717) is 17.1 Å². The van der Waals surface area contributed by atoms with Crippen LogP contribution in [0.25, 0.3) is 16.9 Å². The molecule has 20 heavy (non-hydrogen) atoms. The molecule has 2 aromatic heterocycles. The van der Waals surface area contributed by atoms with Crippen molar-refractivity contribution in [3.8, 4) is 11.3 Å². The summed E-state index contributed by atoms with van der Waals surface area (Å²) in [5.74, 6) is 0.0901. The first kappa shape index (κ1) is 13.4. The third-order valence-electron chi connectivity index (χ3n) is 3.19. The van der Waals surface area contributed by atoms with Gasteiger partial charge in [-0.25, -0.2) is 9.37 Å². The summed E-state index contributed by atoms with van der Waals surface area (Å²) in [5.41, 5.74) is 9.01. The van der Waals surface area contributed by atoms with E-state index in [-0.39, 0.29) is 10.8 Å². The molecule has 2 heterocycles. The number of fused-ring (bicyclic) bond motifs is 1. The molecule has 3 aromatic rings. The number of aryl methyl sites for hydroxylation is 1. The van der Waals surface area contributed by atoms with Gasteiger partial charge in [0.15, 0.2) is 0 Å². The molecule has 3 nitrogen and oxygen atoms in total. The van der Waals surface area contributed by atoms with Crippen LogP contribution >= 0.6 is 27.5 Å². The van der Waals surface area contributed by atoms with Crippen LogP contribution in [-0.4, -0.2) is 9.38 Å². The average molecular weight is 355 g/mol. The third-order valence-corrected chi connectivity index (χ3v) is 4.34. The predicted octanol–water partition coefficient (Wildman–Crippen LogP) is 4.45. The summed E-state index contributed by atoms with van der Waals surface area (Å²) >= 11 is 9.54. The highest BCUT2D eigenvalue weighted by atomic mass is 79.9. The van der Waals surface area contributed by atoms with Gasteiger partial charge < -0.3 is 5.73 Å². The first-order valence-corrected chi connectivity index (χ1v) is 7.04. The minimum atomic E-state index is -0.389. The Morgan fingerprint density at radius 3 is 2.75 bits per heavy atom. The van der Waals surface area contributed by atoms with Crippen molar-refractivity contribution in [3.63, 3.8) is 0 Å². The maximum Gasteiger partial charge on any atom is 0.139 e. The molecule has 0 aliphatic carbocycles. The van der Waals surface area contributed by atoms with Crippen LogP contribution in [-0.2, 0) is 0 Å². The largest absolute Gasteiger partial charge is 0.383 e. The Kier molecular flexibility index (Phi) is 3.18. The van der Waals surface area contributed by atoms with E-state index >= 15 is 0 Å². The summed E-state index contributed by atoms with van der Waals surface area (Å²) in [4.78, 5) is 4.49. The van der Waals surface area contributed by atoms with E-state index in [1.54, 1.807) is 6.07 Å². The smallest absolute Gasteiger partial charge is 0.139 e. The number of anilines is 1. The van der Waals surface area contributed by atoms with Gasteiger partial charge in [0.25, 0.3) is 0 Å². The second-order valence-corrected chi connectivity index (χ2v) is 5.69. The quantitative estimate of drug-likeness (QED) is 0.702. The Morgan fingerprint density at radius 1 is 1.30 bits per heavy atom. The summed E-state index contributed by atoms with van der Waals surface area (Å²) in [5, 5.41) is 0.289. The normalized spacial score (nSPS) is 11.2. The highest BCUT2D eigenvalue weighted by molar-refractivity contribution is 9.10. The first-order valence-electron chi connectivity index (χ1n) is 5.87. The van der Waals surface area contributed by atoms with E-state index in [0.717, 1.165) is 15.8 Å². The number of nitrogens with zero attached hydrogens (tertiary/aromatic N) is 2. The van der Waals surface area contributed by atoms with Crippen LogP contribution in [0.15, 0.2) is 34.8 Å². The Bertz CT molecular complexity index is 829. The van der Waals surface area contributed by atoms with Gasteiger partial charge >= 0.3 is 0 Å². The molecule has 0 amide bonds. The van der Waals surface area contributed by atoms with Crippen molar-refractivity contribution >= 4 is 39.0 Å². The van der Waals surface area contributed by atoms with Crippen LogP contribution in [0.5, 0.6) is 0 Å². The molecule has 0 aliphatic heterocycles. The minimum absolute atomic E-state index is 0.289. The summed E-state index contributed by atoms with van der Waals surface area (Å²) in [6, 6.07) is 7.94. The van der Waals surface area contributed by atoms with Gasteiger partial charge in [-0.3, -0.25) is 4.40 Å². The molecule has 0 radical (unpaired) electrons. The number of hydrogen-bond acceptors (Lipinski definition) is 2. The molecule has 0 unspecified atom stereocenters. The van der Waals surface area contributed by atoms with Crippen LogP contribution in [0, 0.1) is 12.7 Å². The van der Waals surface area contributed by atoms with Crippen molar-refractivity contribution in [2.45, 2.75) is 6.92 Å². The van der Waals surface area contributed by atoms with Gasteiger partial charge in [-0.05, 0) is 53.2 Å². The fraction of sp³-hybridized carbons (Fsp3) is 0.0714. The van der Waals surface area contributed by atoms with E-state index in [9.17, 15) is 4.39 Å². The predicted molar refractivity (Wildman–Crippen MR) is 82.4 cm³/mol. The number of rotatable bonds is 1. The lowest BCUT2D eigenvalue weighted by Gasteiger charge is -2.05. The molecule has 0 aliphatic rings. The van der Waals surface area contributed by atoms with Gasteiger partial charge in [-0.2, -0.15) is 0 Å². The summed E-state index contributed by atoms with van der Waals surface area (Å²) < 4.78 is 15.9. The number of hydrogen-bond donors (Lipinski definition) is 1. The van der Waals surface area contributed by atoms with Crippen LogP contribution in [0.1, 0.15) is 5.69 Å². The number of halogens is 3. The zero-order chi connectivity index (χ0) is 14.4. The number of benzene rings is 1. The van der Waals surface area contributed by atoms with Gasteiger partial charge in [-0.15, -0.1) is 0 Å². The van der Waals surface area contributed by atoms with Gasteiger partial charge in [0, 0.05) is 15.7 Å². The van der Waals surface area contributed by atoms with Crippen LogP contribution < -0.4 is 5.73 Å². The lowest BCUT2D eigenvalue weighted by Crippen LogP contribution is -1.98. The van der Waals surface area contributed by atoms with Gasteiger partial charge in [0.2, 0.25) is 0 Å². The molecular formula is C14H10BrClFN3. The van der Waals surface area contributed by atoms with E-state index < -0.39 is 0 Å². The van der Waals surface area contributed by atoms with Crippen molar-refractivity contribution in [1.29, 1.82) is 0 Å². The highest BCUT2D eigenvalue weighted by Gasteiger charge is 2.16. The lowest BCUT2D eigenvalue weighted by atomic mass is 10.1. The average Bonchev–Trinajstić information content (AvgIpc) is 2.72. The Balaban J connectivity index is 2.32. The second kappa shape index (κ2) is 4.75. The zero-order valence-corrected chi connectivity index (χ0v) is 12.8. The summed E-state index contributed by atoms with van der Waals surface area (Å²) in [6.45, 7) is 1.94. The van der Waals surface area contributed by atoms with E-state index in [4.69, 9.17) is 17.3 Å². The Hall–Kier alpha value is -1.59. The third kappa shape index (κ3) is 1.98. The molecule has 6 heteroatoms. The molecule has 102 valence electrons.